The zero-order valence-corrected chi connectivity index (χ0v) is 13.1. The molecule has 1 heterocycles. The second-order valence-corrected chi connectivity index (χ2v) is 5.58. The van der Waals surface area contributed by atoms with Crippen LogP contribution in [0.15, 0.2) is 0 Å². The van der Waals surface area contributed by atoms with Gasteiger partial charge in [-0.05, 0) is 32.1 Å². The Balaban J connectivity index is 2.59. The van der Waals surface area contributed by atoms with E-state index in [1.165, 1.54) is 0 Å². The molecule has 6 nitrogen and oxygen atoms in total. The molecule has 0 aliphatic carbocycles. The number of hydrogen-bond donors (Lipinski definition) is 2. The highest BCUT2D eigenvalue weighted by Crippen LogP contribution is 2.19. The molecular formula is C15H28N2O4. The maximum absolute atomic E-state index is 12.4. The van der Waals surface area contributed by atoms with Crippen LogP contribution in [0.3, 0.4) is 0 Å². The van der Waals surface area contributed by atoms with Crippen molar-refractivity contribution in [2.24, 2.45) is 0 Å². The minimum absolute atomic E-state index is 0.223. The van der Waals surface area contributed by atoms with Crippen LogP contribution in [0, 0.1) is 0 Å². The Bertz CT molecular complexity index is 336. The van der Waals surface area contributed by atoms with Gasteiger partial charge in [0, 0.05) is 26.3 Å². The summed E-state index contributed by atoms with van der Waals surface area (Å²) in [5.41, 5.74) is 0. The van der Waals surface area contributed by atoms with E-state index in [-0.39, 0.29) is 12.1 Å². The van der Waals surface area contributed by atoms with Gasteiger partial charge in [0.15, 0.2) is 0 Å². The summed E-state index contributed by atoms with van der Waals surface area (Å²) < 4.78 is 4.93. The van der Waals surface area contributed by atoms with Gasteiger partial charge in [0.2, 0.25) is 0 Å². The third kappa shape index (κ3) is 5.91. The smallest absolute Gasteiger partial charge is 0.326 e. The average molecular weight is 300 g/mol. The molecule has 1 rings (SSSR count). The molecular weight excluding hydrogens is 272 g/mol. The summed E-state index contributed by atoms with van der Waals surface area (Å²) in [6.45, 7) is 3.29. The predicted octanol–water partition coefficient (Wildman–Crippen LogP) is 2.23. The predicted molar refractivity (Wildman–Crippen MR) is 80.3 cm³/mol. The van der Waals surface area contributed by atoms with Crippen LogP contribution in [0.5, 0.6) is 0 Å². The lowest BCUT2D eigenvalue weighted by Gasteiger charge is -2.30. The Kier molecular flexibility index (Phi) is 8.12. The minimum Gasteiger partial charge on any atom is -0.480 e. The molecule has 0 radical (unpaired) electrons. The summed E-state index contributed by atoms with van der Waals surface area (Å²) >= 11 is 0. The second-order valence-electron chi connectivity index (χ2n) is 5.58. The van der Waals surface area contributed by atoms with Gasteiger partial charge < -0.3 is 20.1 Å². The number of nitrogens with zero attached hydrogens (tertiary/aromatic N) is 1. The number of hydrogen-bond acceptors (Lipinski definition) is 3. The van der Waals surface area contributed by atoms with Crippen LogP contribution in [-0.2, 0) is 9.53 Å². The van der Waals surface area contributed by atoms with Crippen LogP contribution >= 0.6 is 0 Å². The molecule has 1 saturated heterocycles. The van der Waals surface area contributed by atoms with Crippen molar-refractivity contribution in [3.8, 4) is 0 Å². The van der Waals surface area contributed by atoms with Crippen molar-refractivity contribution in [3.05, 3.63) is 0 Å². The summed E-state index contributed by atoms with van der Waals surface area (Å²) in [6.07, 6.45) is 6.19. The van der Waals surface area contributed by atoms with E-state index >= 15 is 0 Å². The fraction of sp³-hybridized carbons (Fsp3) is 0.867. The molecule has 0 aromatic heterocycles. The van der Waals surface area contributed by atoms with Crippen LogP contribution < -0.4 is 5.32 Å². The topological polar surface area (TPSA) is 78.9 Å². The quantitative estimate of drug-likeness (QED) is 0.707. The van der Waals surface area contributed by atoms with E-state index in [4.69, 9.17) is 4.74 Å². The number of carbonyl (C=O) groups is 2. The number of methoxy groups -OCH3 is 1. The molecule has 1 aliphatic heterocycles. The van der Waals surface area contributed by atoms with Crippen molar-refractivity contribution in [2.75, 3.05) is 20.3 Å². The van der Waals surface area contributed by atoms with Crippen LogP contribution in [0.25, 0.3) is 0 Å². The number of nitrogens with one attached hydrogen (secondary N) is 1. The Morgan fingerprint density at radius 3 is 2.76 bits per heavy atom. The number of rotatable bonds is 7. The van der Waals surface area contributed by atoms with Crippen molar-refractivity contribution in [1.82, 2.24) is 10.2 Å². The molecule has 2 atom stereocenters. The zero-order chi connectivity index (χ0) is 15.7. The Morgan fingerprint density at radius 1 is 1.38 bits per heavy atom. The average Bonchev–Trinajstić information content (AvgIpc) is 2.71. The molecule has 21 heavy (non-hydrogen) atoms. The molecule has 122 valence electrons. The van der Waals surface area contributed by atoms with Gasteiger partial charge >= 0.3 is 12.0 Å². The lowest BCUT2D eigenvalue weighted by Crippen LogP contribution is -2.51. The number of likely N-dealkylation sites (tertiary alicyclic amines) is 1. The van der Waals surface area contributed by atoms with Crippen molar-refractivity contribution in [2.45, 2.75) is 64.0 Å². The molecule has 6 heteroatoms. The summed E-state index contributed by atoms with van der Waals surface area (Å²) in [7, 11) is 1.58. The van der Waals surface area contributed by atoms with Gasteiger partial charge in [0.25, 0.3) is 0 Å². The van der Waals surface area contributed by atoms with Crippen molar-refractivity contribution >= 4 is 12.0 Å². The van der Waals surface area contributed by atoms with Gasteiger partial charge in [-0.1, -0.05) is 19.8 Å². The molecule has 0 spiro atoms. The SMILES string of the molecule is CCC1CCCCCN1C(=O)NC(CCCOC)C(=O)O. The molecule has 0 saturated carbocycles. The van der Waals surface area contributed by atoms with E-state index in [1.54, 1.807) is 7.11 Å². The standard InChI is InChI=1S/C15H28N2O4/c1-3-12-8-5-4-6-10-17(12)15(20)16-13(14(18)19)9-7-11-21-2/h12-13H,3-11H2,1-2H3,(H,16,20)(H,18,19). The van der Waals surface area contributed by atoms with Crippen molar-refractivity contribution < 1.29 is 19.4 Å². The summed E-state index contributed by atoms with van der Waals surface area (Å²) in [4.78, 5) is 25.5. The van der Waals surface area contributed by atoms with E-state index in [2.05, 4.69) is 12.2 Å². The van der Waals surface area contributed by atoms with Crippen LogP contribution in [0.1, 0.15) is 51.9 Å². The summed E-state index contributed by atoms with van der Waals surface area (Å²) in [5, 5.41) is 11.9. The van der Waals surface area contributed by atoms with E-state index in [0.717, 1.165) is 38.6 Å². The van der Waals surface area contributed by atoms with E-state index in [0.29, 0.717) is 19.4 Å². The van der Waals surface area contributed by atoms with Crippen LogP contribution in [0.2, 0.25) is 0 Å². The number of urea groups is 1. The van der Waals surface area contributed by atoms with Crippen molar-refractivity contribution in [1.29, 1.82) is 0 Å². The second kappa shape index (κ2) is 9.60. The van der Waals surface area contributed by atoms with Gasteiger partial charge in [-0.25, -0.2) is 9.59 Å². The molecule has 2 N–H and O–H groups in total. The van der Waals surface area contributed by atoms with Gasteiger partial charge in [-0.3, -0.25) is 0 Å². The largest absolute Gasteiger partial charge is 0.480 e. The number of ether oxygens (including phenoxy) is 1. The minimum atomic E-state index is -0.984. The molecule has 0 bridgehead atoms. The van der Waals surface area contributed by atoms with E-state index < -0.39 is 12.0 Å². The molecule has 0 aromatic carbocycles. The maximum atomic E-state index is 12.4. The molecule has 2 unspecified atom stereocenters. The maximum Gasteiger partial charge on any atom is 0.326 e. The first-order chi connectivity index (χ1) is 10.1. The van der Waals surface area contributed by atoms with Gasteiger partial charge in [0.05, 0.1) is 0 Å². The monoisotopic (exact) mass is 300 g/mol. The fourth-order valence-corrected chi connectivity index (χ4v) is 2.79. The van der Waals surface area contributed by atoms with E-state index in [1.807, 2.05) is 4.90 Å². The third-order valence-corrected chi connectivity index (χ3v) is 4.05. The Hall–Kier alpha value is -1.30. The lowest BCUT2D eigenvalue weighted by atomic mass is 10.1. The number of carboxylic acids is 1. The van der Waals surface area contributed by atoms with Crippen molar-refractivity contribution in [3.63, 3.8) is 0 Å². The molecule has 1 fully saturated rings. The first-order valence-electron chi connectivity index (χ1n) is 7.89. The molecule has 0 aromatic rings. The van der Waals surface area contributed by atoms with Crippen LogP contribution in [-0.4, -0.2) is 54.4 Å². The Morgan fingerprint density at radius 2 is 2.14 bits per heavy atom. The van der Waals surface area contributed by atoms with Gasteiger partial charge in [0.1, 0.15) is 6.04 Å². The molecule has 1 aliphatic rings. The lowest BCUT2D eigenvalue weighted by molar-refractivity contribution is -0.139. The number of aliphatic carboxylic acids is 1. The number of carbonyl (C=O) groups excluding carboxylic acids is 1. The van der Waals surface area contributed by atoms with E-state index in [9.17, 15) is 14.7 Å². The highest BCUT2D eigenvalue weighted by molar-refractivity contribution is 5.82. The van der Waals surface area contributed by atoms with Gasteiger partial charge in [-0.2, -0.15) is 0 Å². The molecule has 2 amide bonds. The third-order valence-electron chi connectivity index (χ3n) is 4.05. The normalized spacial score (nSPS) is 20.7. The number of amides is 2. The summed E-state index contributed by atoms with van der Waals surface area (Å²) in [5.74, 6) is -0.984. The Labute approximate surface area is 126 Å². The first kappa shape index (κ1) is 17.8. The number of carboxylic acid groups (broad SMARTS) is 1. The van der Waals surface area contributed by atoms with Crippen LogP contribution in [0.4, 0.5) is 4.79 Å². The zero-order valence-electron chi connectivity index (χ0n) is 13.1. The highest BCUT2D eigenvalue weighted by atomic mass is 16.5. The summed E-state index contributed by atoms with van der Waals surface area (Å²) in [6, 6.07) is -0.858. The fourth-order valence-electron chi connectivity index (χ4n) is 2.79. The van der Waals surface area contributed by atoms with Gasteiger partial charge in [-0.15, -0.1) is 0 Å². The first-order valence-corrected chi connectivity index (χ1v) is 7.89. The highest BCUT2D eigenvalue weighted by Gasteiger charge is 2.27.